The summed E-state index contributed by atoms with van der Waals surface area (Å²) in [6.45, 7) is 4.67. The second kappa shape index (κ2) is 5.07. The highest BCUT2D eigenvalue weighted by atomic mass is 16.3. The van der Waals surface area contributed by atoms with Crippen LogP contribution in [0.5, 0.6) is 0 Å². The van der Waals surface area contributed by atoms with Crippen molar-refractivity contribution in [2.24, 2.45) is 5.92 Å². The van der Waals surface area contributed by atoms with Crippen LogP contribution in [0, 0.1) is 5.92 Å². The third-order valence-electron chi connectivity index (χ3n) is 2.38. The summed E-state index contributed by atoms with van der Waals surface area (Å²) in [5, 5.41) is 11.5. The quantitative estimate of drug-likeness (QED) is 0.654. The van der Waals surface area contributed by atoms with Crippen LogP contribution in [0.1, 0.15) is 19.8 Å². The van der Waals surface area contributed by atoms with Gasteiger partial charge in [-0.05, 0) is 18.8 Å². The summed E-state index contributed by atoms with van der Waals surface area (Å²) in [6, 6.07) is 0.0525. The van der Waals surface area contributed by atoms with E-state index in [-0.39, 0.29) is 12.6 Å². The van der Waals surface area contributed by atoms with Crippen molar-refractivity contribution in [1.29, 1.82) is 0 Å². The van der Waals surface area contributed by atoms with E-state index in [1.807, 2.05) is 11.8 Å². The van der Waals surface area contributed by atoms with Gasteiger partial charge >= 0.3 is 6.03 Å². The summed E-state index contributed by atoms with van der Waals surface area (Å²) in [7, 11) is 0. The van der Waals surface area contributed by atoms with Crippen LogP contribution in [-0.4, -0.2) is 42.3 Å². The van der Waals surface area contributed by atoms with E-state index in [4.69, 9.17) is 5.11 Å². The maximum Gasteiger partial charge on any atom is 0.317 e. The molecule has 0 saturated carbocycles. The highest BCUT2D eigenvalue weighted by Crippen LogP contribution is 2.06. The van der Waals surface area contributed by atoms with Gasteiger partial charge in [-0.15, -0.1) is 0 Å². The van der Waals surface area contributed by atoms with Crippen LogP contribution < -0.4 is 5.32 Å². The average Bonchev–Trinajstić information content (AvgIpc) is 2.52. The smallest absolute Gasteiger partial charge is 0.317 e. The Bertz CT molecular complexity index is 173. The van der Waals surface area contributed by atoms with Crippen LogP contribution in [0.25, 0.3) is 0 Å². The first kappa shape index (κ1) is 10.3. The van der Waals surface area contributed by atoms with Crippen molar-refractivity contribution in [3.8, 4) is 0 Å². The Hall–Kier alpha value is -0.770. The third-order valence-corrected chi connectivity index (χ3v) is 2.38. The summed E-state index contributed by atoms with van der Waals surface area (Å²) in [6.07, 6.45) is 1.97. The number of carbonyl (C=O) groups is 1. The fourth-order valence-electron chi connectivity index (χ4n) is 1.45. The zero-order valence-electron chi connectivity index (χ0n) is 8.12. The molecule has 1 aliphatic rings. The topological polar surface area (TPSA) is 52.6 Å². The summed E-state index contributed by atoms with van der Waals surface area (Å²) >= 11 is 0. The third kappa shape index (κ3) is 3.22. The number of aliphatic hydroxyl groups excluding tert-OH is 1. The lowest BCUT2D eigenvalue weighted by atomic mass is 10.1. The number of nitrogens with one attached hydrogen (secondary N) is 1. The van der Waals surface area contributed by atoms with Gasteiger partial charge in [0.15, 0.2) is 0 Å². The SMILES string of the molecule is CC(CO)CCCN1CCNC1=O. The fraction of sp³-hybridized carbons (Fsp3) is 0.889. The van der Waals surface area contributed by atoms with Crippen LogP contribution in [0.4, 0.5) is 4.79 Å². The first-order valence-corrected chi connectivity index (χ1v) is 4.87. The van der Waals surface area contributed by atoms with E-state index in [9.17, 15) is 4.79 Å². The molecule has 2 amide bonds. The van der Waals surface area contributed by atoms with Crippen molar-refractivity contribution in [3.05, 3.63) is 0 Å². The number of amides is 2. The summed E-state index contributed by atoms with van der Waals surface area (Å²) in [4.78, 5) is 12.9. The van der Waals surface area contributed by atoms with Crippen molar-refractivity contribution in [1.82, 2.24) is 10.2 Å². The zero-order valence-corrected chi connectivity index (χ0v) is 8.12. The highest BCUT2D eigenvalue weighted by molar-refractivity contribution is 5.76. The van der Waals surface area contributed by atoms with Gasteiger partial charge in [0, 0.05) is 26.2 Å². The Morgan fingerprint density at radius 1 is 1.69 bits per heavy atom. The van der Waals surface area contributed by atoms with Gasteiger partial charge in [-0.1, -0.05) is 6.92 Å². The first-order chi connectivity index (χ1) is 6.24. The van der Waals surface area contributed by atoms with E-state index in [0.29, 0.717) is 5.92 Å². The van der Waals surface area contributed by atoms with Gasteiger partial charge in [0.1, 0.15) is 0 Å². The van der Waals surface area contributed by atoms with E-state index < -0.39 is 0 Å². The molecule has 0 spiro atoms. The number of hydrogen-bond acceptors (Lipinski definition) is 2. The molecule has 0 aromatic rings. The number of hydrogen-bond donors (Lipinski definition) is 2. The molecule has 1 saturated heterocycles. The van der Waals surface area contributed by atoms with Crippen molar-refractivity contribution < 1.29 is 9.90 Å². The maximum atomic E-state index is 11.1. The van der Waals surface area contributed by atoms with Crippen LogP contribution in [0.2, 0.25) is 0 Å². The number of urea groups is 1. The van der Waals surface area contributed by atoms with E-state index in [2.05, 4.69) is 5.32 Å². The van der Waals surface area contributed by atoms with Gasteiger partial charge in [-0.3, -0.25) is 0 Å². The molecule has 4 nitrogen and oxygen atoms in total. The minimum Gasteiger partial charge on any atom is -0.396 e. The number of rotatable bonds is 5. The highest BCUT2D eigenvalue weighted by Gasteiger charge is 2.18. The normalized spacial score (nSPS) is 18.9. The zero-order chi connectivity index (χ0) is 9.68. The molecule has 1 atom stereocenters. The van der Waals surface area contributed by atoms with E-state index in [1.165, 1.54) is 0 Å². The number of carbonyl (C=O) groups excluding carboxylic acids is 1. The van der Waals surface area contributed by atoms with Crippen molar-refractivity contribution in [3.63, 3.8) is 0 Å². The lowest BCUT2D eigenvalue weighted by Crippen LogP contribution is -2.29. The minimum atomic E-state index is 0.0525. The molecular formula is C9H18N2O2. The molecule has 1 heterocycles. The van der Waals surface area contributed by atoms with Gasteiger partial charge in [-0.2, -0.15) is 0 Å². The average molecular weight is 186 g/mol. The molecule has 76 valence electrons. The predicted molar refractivity (Wildman–Crippen MR) is 50.5 cm³/mol. The molecule has 0 aromatic carbocycles. The predicted octanol–water partition coefficient (Wildman–Crippen LogP) is 0.420. The minimum absolute atomic E-state index is 0.0525. The molecule has 2 N–H and O–H groups in total. The van der Waals surface area contributed by atoms with Gasteiger partial charge in [0.2, 0.25) is 0 Å². The second-order valence-corrected chi connectivity index (χ2v) is 3.65. The Morgan fingerprint density at radius 3 is 3.00 bits per heavy atom. The maximum absolute atomic E-state index is 11.1. The molecule has 1 rings (SSSR count). The molecule has 0 aliphatic carbocycles. The van der Waals surface area contributed by atoms with Crippen LogP contribution in [-0.2, 0) is 0 Å². The summed E-state index contributed by atoms with van der Waals surface area (Å²) in [5.74, 6) is 0.352. The first-order valence-electron chi connectivity index (χ1n) is 4.87. The standard InChI is InChI=1S/C9H18N2O2/c1-8(7-12)3-2-5-11-6-4-10-9(11)13/h8,12H,2-7H2,1H3,(H,10,13). The monoisotopic (exact) mass is 186 g/mol. The summed E-state index contributed by atoms with van der Waals surface area (Å²) in [5.41, 5.74) is 0. The molecule has 0 radical (unpaired) electrons. The largest absolute Gasteiger partial charge is 0.396 e. The molecular weight excluding hydrogens is 168 g/mol. The van der Waals surface area contributed by atoms with Crippen LogP contribution in [0.3, 0.4) is 0 Å². The lowest BCUT2D eigenvalue weighted by molar-refractivity contribution is 0.208. The fourth-order valence-corrected chi connectivity index (χ4v) is 1.45. The Balaban J connectivity index is 2.08. The molecule has 4 heteroatoms. The Morgan fingerprint density at radius 2 is 2.46 bits per heavy atom. The lowest BCUT2D eigenvalue weighted by Gasteiger charge is -2.14. The van der Waals surface area contributed by atoms with Gasteiger partial charge in [0.25, 0.3) is 0 Å². The molecule has 1 fully saturated rings. The number of nitrogens with zero attached hydrogens (tertiary/aromatic N) is 1. The molecule has 1 aliphatic heterocycles. The Labute approximate surface area is 78.9 Å². The summed E-state index contributed by atoms with van der Waals surface area (Å²) < 4.78 is 0. The van der Waals surface area contributed by atoms with Gasteiger partial charge in [0.05, 0.1) is 0 Å². The molecule has 1 unspecified atom stereocenters. The van der Waals surface area contributed by atoms with Crippen molar-refractivity contribution in [2.45, 2.75) is 19.8 Å². The van der Waals surface area contributed by atoms with Gasteiger partial charge < -0.3 is 15.3 Å². The second-order valence-electron chi connectivity index (χ2n) is 3.65. The van der Waals surface area contributed by atoms with Crippen molar-refractivity contribution in [2.75, 3.05) is 26.2 Å². The van der Waals surface area contributed by atoms with E-state index in [0.717, 1.165) is 32.5 Å². The van der Waals surface area contributed by atoms with Crippen molar-refractivity contribution >= 4 is 6.03 Å². The van der Waals surface area contributed by atoms with E-state index in [1.54, 1.807) is 0 Å². The number of aliphatic hydroxyl groups is 1. The Kier molecular flexibility index (Phi) is 4.02. The van der Waals surface area contributed by atoms with E-state index >= 15 is 0 Å². The van der Waals surface area contributed by atoms with Gasteiger partial charge in [-0.25, -0.2) is 4.79 Å². The van der Waals surface area contributed by atoms with Crippen LogP contribution in [0.15, 0.2) is 0 Å². The van der Waals surface area contributed by atoms with Crippen LogP contribution >= 0.6 is 0 Å². The molecule has 13 heavy (non-hydrogen) atoms. The molecule has 0 aromatic heterocycles. The molecule has 0 bridgehead atoms.